The highest BCUT2D eigenvalue weighted by molar-refractivity contribution is 6.35. The van der Waals surface area contributed by atoms with Crippen molar-refractivity contribution in [3.05, 3.63) is 46.9 Å². The minimum atomic E-state index is -0.560. The van der Waals surface area contributed by atoms with Gasteiger partial charge in [0.05, 0.1) is 28.7 Å². The highest BCUT2D eigenvalue weighted by Crippen LogP contribution is 2.44. The molecule has 0 bridgehead atoms. The second-order valence-corrected chi connectivity index (χ2v) is 7.85. The Bertz CT molecular complexity index is 1140. The molecule has 1 aliphatic rings. The number of fused-ring (bicyclic) bond motifs is 1. The van der Waals surface area contributed by atoms with Gasteiger partial charge in [0.2, 0.25) is 5.91 Å². The van der Waals surface area contributed by atoms with Crippen LogP contribution in [0.15, 0.2) is 30.5 Å². The van der Waals surface area contributed by atoms with Crippen molar-refractivity contribution in [3.8, 4) is 16.9 Å². The van der Waals surface area contributed by atoms with Crippen molar-refractivity contribution in [3.63, 3.8) is 0 Å². The van der Waals surface area contributed by atoms with Crippen LogP contribution in [0.4, 0.5) is 15.8 Å². The third-order valence-corrected chi connectivity index (χ3v) is 5.94. The highest BCUT2D eigenvalue weighted by Gasteiger charge is 2.25. The molecule has 2 heterocycles. The summed E-state index contributed by atoms with van der Waals surface area (Å²) in [6.07, 6.45) is 1.58. The number of pyridine rings is 1. The van der Waals surface area contributed by atoms with Gasteiger partial charge in [0.1, 0.15) is 11.6 Å². The fourth-order valence-electron chi connectivity index (χ4n) is 4.13. The van der Waals surface area contributed by atoms with Crippen LogP contribution in [0.25, 0.3) is 22.0 Å². The summed E-state index contributed by atoms with van der Waals surface area (Å²) >= 11 is 6.60. The van der Waals surface area contributed by atoms with E-state index in [2.05, 4.69) is 9.88 Å². The molecule has 0 spiro atoms. The fourth-order valence-corrected chi connectivity index (χ4v) is 4.47. The Morgan fingerprint density at radius 2 is 1.93 bits per heavy atom. The quantitative estimate of drug-likeness (QED) is 0.645. The molecule has 3 aromatic rings. The summed E-state index contributed by atoms with van der Waals surface area (Å²) in [6.45, 7) is 5.84. The molecule has 1 aromatic heterocycles. The van der Waals surface area contributed by atoms with Crippen molar-refractivity contribution in [1.29, 1.82) is 0 Å². The summed E-state index contributed by atoms with van der Waals surface area (Å²) in [4.78, 5) is 20.0. The largest absolute Gasteiger partial charge is 0.507 e. The van der Waals surface area contributed by atoms with Crippen LogP contribution in [-0.2, 0) is 4.79 Å². The summed E-state index contributed by atoms with van der Waals surface area (Å²) in [6, 6.07) is 5.87. The van der Waals surface area contributed by atoms with Crippen LogP contribution >= 0.6 is 11.6 Å². The molecule has 8 heteroatoms. The zero-order valence-electron chi connectivity index (χ0n) is 16.7. The Morgan fingerprint density at radius 3 is 2.57 bits per heavy atom. The first-order valence-corrected chi connectivity index (χ1v) is 10.0. The molecule has 3 N–H and O–H groups in total. The van der Waals surface area contributed by atoms with Crippen molar-refractivity contribution >= 4 is 39.8 Å². The number of carbonyl (C=O) groups is 1. The number of aromatic hydroxyl groups is 1. The number of aromatic nitrogens is 1. The Hall–Kier alpha value is -3.06. The Labute approximate surface area is 178 Å². The maximum Gasteiger partial charge on any atom is 0.219 e. The molecule has 1 amide bonds. The Balaban J connectivity index is 1.87. The van der Waals surface area contributed by atoms with Crippen LogP contribution < -0.4 is 10.6 Å². The SMILES string of the molecule is CC(=O)N1CCN(c2c(N)cnc3c(C)c(-c4c(O)cccc4F)c(Cl)cc23)CC1. The van der Waals surface area contributed by atoms with Gasteiger partial charge in [-0.05, 0) is 30.7 Å². The molecular weight excluding hydrogens is 407 g/mol. The fraction of sp³-hybridized carbons (Fsp3) is 0.273. The standard InChI is InChI=1S/C22H22ClFN4O2/c1-12-19(20-16(24)4-3-5-18(20)30)15(23)10-14-21(12)26-11-17(25)22(14)28-8-6-27(7-9-28)13(2)29/h3-5,10-11,30H,6-9,25H2,1-2H3. The molecule has 1 saturated heterocycles. The predicted molar refractivity (Wildman–Crippen MR) is 117 cm³/mol. The smallest absolute Gasteiger partial charge is 0.219 e. The van der Waals surface area contributed by atoms with Gasteiger partial charge in [-0.1, -0.05) is 17.7 Å². The molecular formula is C22H22ClFN4O2. The van der Waals surface area contributed by atoms with Crippen molar-refractivity contribution in [2.45, 2.75) is 13.8 Å². The lowest BCUT2D eigenvalue weighted by Gasteiger charge is -2.36. The van der Waals surface area contributed by atoms with Crippen LogP contribution in [0.2, 0.25) is 5.02 Å². The molecule has 0 atom stereocenters. The second-order valence-electron chi connectivity index (χ2n) is 7.44. The summed E-state index contributed by atoms with van der Waals surface area (Å²) < 4.78 is 14.5. The number of nitrogen functional groups attached to an aromatic ring is 1. The van der Waals surface area contributed by atoms with E-state index in [0.29, 0.717) is 53.5 Å². The van der Waals surface area contributed by atoms with Gasteiger partial charge >= 0.3 is 0 Å². The van der Waals surface area contributed by atoms with Crippen LogP contribution in [0.5, 0.6) is 5.75 Å². The first kappa shape index (κ1) is 20.2. The van der Waals surface area contributed by atoms with Gasteiger partial charge < -0.3 is 20.6 Å². The van der Waals surface area contributed by atoms with E-state index in [9.17, 15) is 14.3 Å². The molecule has 0 radical (unpaired) electrons. The van der Waals surface area contributed by atoms with E-state index in [1.165, 1.54) is 18.2 Å². The van der Waals surface area contributed by atoms with Crippen LogP contribution in [0.1, 0.15) is 12.5 Å². The second kappa shape index (κ2) is 7.65. The molecule has 2 aromatic carbocycles. The number of nitrogens with zero attached hydrogens (tertiary/aromatic N) is 3. The molecule has 0 unspecified atom stereocenters. The van der Waals surface area contributed by atoms with Gasteiger partial charge in [0.25, 0.3) is 0 Å². The summed E-state index contributed by atoms with van der Waals surface area (Å²) in [5.74, 6) is -0.693. The van der Waals surface area contributed by atoms with E-state index in [0.717, 1.165) is 11.1 Å². The Morgan fingerprint density at radius 1 is 1.23 bits per heavy atom. The number of benzene rings is 2. The maximum atomic E-state index is 14.5. The van der Waals surface area contributed by atoms with Gasteiger partial charge in [-0.3, -0.25) is 9.78 Å². The lowest BCUT2D eigenvalue weighted by molar-refractivity contribution is -0.129. The van der Waals surface area contributed by atoms with Gasteiger partial charge in [-0.2, -0.15) is 0 Å². The predicted octanol–water partition coefficient (Wildman–Crippen LogP) is 3.96. The normalized spacial score (nSPS) is 14.4. The molecule has 0 saturated carbocycles. The molecule has 1 aliphatic heterocycles. The third-order valence-electron chi connectivity index (χ3n) is 5.64. The number of aryl methyl sites for hydroxylation is 1. The lowest BCUT2D eigenvalue weighted by atomic mass is 9.95. The van der Waals surface area contributed by atoms with Crippen LogP contribution in [0, 0.1) is 12.7 Å². The number of carbonyl (C=O) groups excluding carboxylic acids is 1. The number of hydrogen-bond acceptors (Lipinski definition) is 5. The van der Waals surface area contributed by atoms with Gasteiger partial charge in [0.15, 0.2) is 0 Å². The number of nitrogens with two attached hydrogens (primary N) is 1. The van der Waals surface area contributed by atoms with Crippen molar-refractivity contribution < 1.29 is 14.3 Å². The summed E-state index contributed by atoms with van der Waals surface area (Å²) in [5, 5.41) is 11.3. The topological polar surface area (TPSA) is 82.7 Å². The maximum absolute atomic E-state index is 14.5. The minimum Gasteiger partial charge on any atom is -0.507 e. The van der Waals surface area contributed by atoms with Gasteiger partial charge in [0, 0.05) is 49.1 Å². The molecule has 0 aliphatic carbocycles. The van der Waals surface area contributed by atoms with Crippen molar-refractivity contribution in [2.75, 3.05) is 36.8 Å². The minimum absolute atomic E-state index is 0.0513. The van der Waals surface area contributed by atoms with Crippen LogP contribution in [-0.4, -0.2) is 47.1 Å². The van der Waals surface area contributed by atoms with E-state index in [1.54, 1.807) is 31.0 Å². The number of anilines is 2. The number of amides is 1. The molecule has 4 rings (SSSR count). The highest BCUT2D eigenvalue weighted by atomic mass is 35.5. The molecule has 30 heavy (non-hydrogen) atoms. The monoisotopic (exact) mass is 428 g/mol. The lowest BCUT2D eigenvalue weighted by Crippen LogP contribution is -2.48. The zero-order valence-corrected chi connectivity index (χ0v) is 17.5. The zero-order chi connectivity index (χ0) is 21.6. The van der Waals surface area contributed by atoms with E-state index in [-0.39, 0.29) is 17.2 Å². The van der Waals surface area contributed by atoms with E-state index < -0.39 is 5.82 Å². The van der Waals surface area contributed by atoms with Crippen molar-refractivity contribution in [2.24, 2.45) is 0 Å². The number of rotatable bonds is 2. The Kier molecular flexibility index (Phi) is 5.15. The number of halogens is 2. The molecule has 1 fully saturated rings. The van der Waals surface area contributed by atoms with E-state index >= 15 is 0 Å². The number of piperazine rings is 1. The first-order valence-electron chi connectivity index (χ1n) is 9.65. The summed E-state index contributed by atoms with van der Waals surface area (Å²) in [5.41, 5.74) is 9.34. The van der Waals surface area contributed by atoms with E-state index in [4.69, 9.17) is 17.3 Å². The average molecular weight is 429 g/mol. The number of phenolic OH excluding ortho intramolecular Hbond substituents is 1. The number of hydrogen-bond donors (Lipinski definition) is 2. The first-order chi connectivity index (χ1) is 14.3. The molecule has 6 nitrogen and oxygen atoms in total. The summed E-state index contributed by atoms with van der Waals surface area (Å²) in [7, 11) is 0. The number of phenols is 1. The van der Waals surface area contributed by atoms with E-state index in [1.807, 2.05) is 0 Å². The van der Waals surface area contributed by atoms with Gasteiger partial charge in [-0.15, -0.1) is 0 Å². The average Bonchev–Trinajstić information content (AvgIpc) is 2.70. The van der Waals surface area contributed by atoms with Crippen LogP contribution in [0.3, 0.4) is 0 Å². The molecule has 156 valence electrons. The van der Waals surface area contributed by atoms with Crippen molar-refractivity contribution in [1.82, 2.24) is 9.88 Å². The van der Waals surface area contributed by atoms with Gasteiger partial charge in [-0.25, -0.2) is 4.39 Å². The third kappa shape index (κ3) is 3.29.